The summed E-state index contributed by atoms with van der Waals surface area (Å²) in [6, 6.07) is 6.98. The Morgan fingerprint density at radius 1 is 1.05 bits per heavy atom. The lowest BCUT2D eigenvalue weighted by molar-refractivity contribution is -0.138. The molecular weight excluding hydrogens is 606 g/mol. The van der Waals surface area contributed by atoms with E-state index >= 15 is 0 Å². The molecule has 3 amide bonds. The van der Waals surface area contributed by atoms with Crippen LogP contribution in [0.1, 0.15) is 39.9 Å². The summed E-state index contributed by atoms with van der Waals surface area (Å²) < 4.78 is 55.1. The molecule has 0 spiro atoms. The molecule has 0 radical (unpaired) electrons. The Balaban J connectivity index is 1.22. The predicted molar refractivity (Wildman–Crippen MR) is 149 cm³/mol. The molecular formula is C29H22ClF4N7O3. The van der Waals surface area contributed by atoms with Crippen LogP contribution in [0.2, 0.25) is 5.02 Å². The topological polar surface area (TPSA) is 113 Å². The summed E-state index contributed by atoms with van der Waals surface area (Å²) in [7, 11) is 0. The number of piperidine rings is 1. The summed E-state index contributed by atoms with van der Waals surface area (Å²) in [6.45, 7) is 0.656. The van der Waals surface area contributed by atoms with E-state index in [0.717, 1.165) is 17.2 Å². The first-order chi connectivity index (χ1) is 21.0. The van der Waals surface area contributed by atoms with Crippen molar-refractivity contribution in [3.63, 3.8) is 0 Å². The number of hydrogen-bond donors (Lipinski definition) is 1. The second-order valence-corrected chi connectivity index (χ2v) is 11.4. The molecule has 3 aromatic heterocycles. The number of carbonyl (C=O) groups excluding carboxylic acids is 3. The zero-order valence-electron chi connectivity index (χ0n) is 22.7. The van der Waals surface area contributed by atoms with Crippen LogP contribution in [-0.4, -0.2) is 67.7 Å². The quantitative estimate of drug-likeness (QED) is 0.262. The number of amides is 3. The van der Waals surface area contributed by atoms with Gasteiger partial charge in [0.25, 0.3) is 5.91 Å². The summed E-state index contributed by atoms with van der Waals surface area (Å²) >= 11 is 6.30. The summed E-state index contributed by atoms with van der Waals surface area (Å²) in [5, 5.41) is 7.05. The number of pyridine rings is 2. The molecule has 0 unspecified atom stereocenters. The van der Waals surface area contributed by atoms with Crippen molar-refractivity contribution in [2.24, 2.45) is 0 Å². The van der Waals surface area contributed by atoms with Gasteiger partial charge in [-0.15, -0.1) is 0 Å². The van der Waals surface area contributed by atoms with Crippen LogP contribution < -0.4 is 10.2 Å². The number of fused-ring (bicyclic) bond motifs is 2. The molecule has 3 aliphatic heterocycles. The third-order valence-electron chi connectivity index (χ3n) is 8.10. The minimum absolute atomic E-state index is 0.106. The Morgan fingerprint density at radius 2 is 1.84 bits per heavy atom. The number of rotatable bonds is 5. The maximum absolute atomic E-state index is 13.7. The molecule has 7 rings (SSSR count). The maximum Gasteiger partial charge on any atom is 0.417 e. The Labute approximate surface area is 251 Å². The van der Waals surface area contributed by atoms with E-state index in [-0.39, 0.29) is 61.6 Å². The number of nitrogens with one attached hydrogen (secondary N) is 1. The van der Waals surface area contributed by atoms with E-state index in [4.69, 9.17) is 16.6 Å². The van der Waals surface area contributed by atoms with Gasteiger partial charge in [0.15, 0.2) is 5.65 Å². The molecule has 15 heteroatoms. The molecule has 2 fully saturated rings. The highest BCUT2D eigenvalue weighted by Crippen LogP contribution is 2.38. The standard InChI is InChI=1S/C29H22ClF4N7O3/c30-21-6-16(29(32,33)34)8-35-25(21)19-7-23(39-12-17(31)13-39)37-26-20(19)9-36-41(26)10-14-1-2-18-15(5-14)11-40(28(18)44)22-3-4-24(42)38-27(22)43/h1-2,5-9,17,22H,3-4,10-13H2,(H,38,42,43)/t22-/m0/s1. The number of benzene rings is 1. The Bertz CT molecular complexity index is 1870. The fraction of sp³-hybridized carbons (Fsp3) is 0.310. The van der Waals surface area contributed by atoms with Crippen molar-refractivity contribution in [2.75, 3.05) is 18.0 Å². The highest BCUT2D eigenvalue weighted by Gasteiger charge is 2.39. The molecule has 226 valence electrons. The van der Waals surface area contributed by atoms with Gasteiger partial charge in [0.2, 0.25) is 11.8 Å². The number of alkyl halides is 4. The molecule has 6 heterocycles. The molecule has 0 saturated carbocycles. The van der Waals surface area contributed by atoms with Crippen molar-refractivity contribution in [3.05, 3.63) is 70.0 Å². The van der Waals surface area contributed by atoms with Gasteiger partial charge in [0.05, 0.1) is 42.1 Å². The van der Waals surface area contributed by atoms with Crippen LogP contribution in [-0.2, 0) is 28.9 Å². The smallest absolute Gasteiger partial charge is 0.351 e. The number of imide groups is 1. The molecule has 0 bridgehead atoms. The normalized spacial score (nSPS) is 19.0. The van der Waals surface area contributed by atoms with E-state index in [1.807, 2.05) is 6.07 Å². The van der Waals surface area contributed by atoms with Gasteiger partial charge in [-0.05, 0) is 35.7 Å². The van der Waals surface area contributed by atoms with Gasteiger partial charge < -0.3 is 9.80 Å². The third kappa shape index (κ3) is 4.82. The summed E-state index contributed by atoms with van der Waals surface area (Å²) in [5.74, 6) is -0.741. The van der Waals surface area contributed by atoms with Crippen LogP contribution >= 0.6 is 11.6 Å². The molecule has 3 aliphatic rings. The highest BCUT2D eigenvalue weighted by atomic mass is 35.5. The van der Waals surface area contributed by atoms with Crippen molar-refractivity contribution < 1.29 is 31.9 Å². The molecule has 1 aromatic carbocycles. The first-order valence-electron chi connectivity index (χ1n) is 13.7. The molecule has 44 heavy (non-hydrogen) atoms. The number of carbonyl (C=O) groups is 3. The summed E-state index contributed by atoms with van der Waals surface area (Å²) in [6.07, 6.45) is -3.00. The van der Waals surface area contributed by atoms with Crippen molar-refractivity contribution in [1.82, 2.24) is 30.0 Å². The van der Waals surface area contributed by atoms with Crippen molar-refractivity contribution in [3.8, 4) is 11.3 Å². The van der Waals surface area contributed by atoms with Crippen LogP contribution in [0.5, 0.6) is 0 Å². The van der Waals surface area contributed by atoms with E-state index in [1.54, 1.807) is 27.8 Å². The second kappa shape index (κ2) is 10.3. The highest BCUT2D eigenvalue weighted by molar-refractivity contribution is 6.33. The minimum atomic E-state index is -4.62. The van der Waals surface area contributed by atoms with Gasteiger partial charge in [-0.2, -0.15) is 18.3 Å². The van der Waals surface area contributed by atoms with E-state index in [1.165, 1.54) is 11.1 Å². The lowest BCUT2D eigenvalue weighted by Crippen LogP contribution is -2.52. The zero-order chi connectivity index (χ0) is 30.9. The maximum atomic E-state index is 13.7. The second-order valence-electron chi connectivity index (χ2n) is 11.0. The molecule has 4 aromatic rings. The largest absolute Gasteiger partial charge is 0.417 e. The van der Waals surface area contributed by atoms with Crippen molar-refractivity contribution in [1.29, 1.82) is 0 Å². The van der Waals surface area contributed by atoms with E-state index in [2.05, 4.69) is 15.4 Å². The minimum Gasteiger partial charge on any atom is -0.351 e. The zero-order valence-corrected chi connectivity index (χ0v) is 23.5. The number of aromatic nitrogens is 4. The first kappa shape index (κ1) is 28.2. The monoisotopic (exact) mass is 627 g/mol. The van der Waals surface area contributed by atoms with Gasteiger partial charge in [0, 0.05) is 35.7 Å². The average Bonchev–Trinajstić information content (AvgIpc) is 3.50. The predicted octanol–water partition coefficient (Wildman–Crippen LogP) is 4.13. The Morgan fingerprint density at radius 3 is 2.55 bits per heavy atom. The number of anilines is 1. The Kier molecular flexibility index (Phi) is 6.57. The van der Waals surface area contributed by atoms with Gasteiger partial charge in [-0.1, -0.05) is 23.7 Å². The molecule has 1 atom stereocenters. The lowest BCUT2D eigenvalue weighted by atomic mass is 10.0. The van der Waals surface area contributed by atoms with Crippen LogP contribution in [0, 0.1) is 0 Å². The Hall–Kier alpha value is -4.59. The molecule has 1 N–H and O–H groups in total. The van der Waals surface area contributed by atoms with E-state index in [0.29, 0.717) is 34.2 Å². The van der Waals surface area contributed by atoms with Gasteiger partial charge in [0.1, 0.15) is 18.0 Å². The van der Waals surface area contributed by atoms with Gasteiger partial charge >= 0.3 is 6.18 Å². The van der Waals surface area contributed by atoms with Crippen molar-refractivity contribution in [2.45, 2.75) is 44.3 Å². The van der Waals surface area contributed by atoms with Crippen LogP contribution in [0.15, 0.2) is 42.7 Å². The summed E-state index contributed by atoms with van der Waals surface area (Å²) in [4.78, 5) is 48.9. The number of hydrogen-bond acceptors (Lipinski definition) is 7. The third-order valence-corrected chi connectivity index (χ3v) is 8.39. The average molecular weight is 628 g/mol. The van der Waals surface area contributed by atoms with Crippen molar-refractivity contribution >= 4 is 46.2 Å². The van der Waals surface area contributed by atoms with Crippen LogP contribution in [0.3, 0.4) is 0 Å². The lowest BCUT2D eigenvalue weighted by Gasteiger charge is -2.35. The fourth-order valence-corrected chi connectivity index (χ4v) is 6.08. The van der Waals surface area contributed by atoms with Gasteiger partial charge in [-0.3, -0.25) is 24.7 Å². The van der Waals surface area contributed by atoms with Crippen LogP contribution in [0.4, 0.5) is 23.4 Å². The van der Waals surface area contributed by atoms with E-state index in [9.17, 15) is 31.9 Å². The fourth-order valence-electron chi connectivity index (χ4n) is 5.81. The van der Waals surface area contributed by atoms with Crippen LogP contribution in [0.25, 0.3) is 22.3 Å². The first-order valence-corrected chi connectivity index (χ1v) is 14.1. The van der Waals surface area contributed by atoms with E-state index < -0.39 is 29.9 Å². The number of nitrogens with zero attached hydrogens (tertiary/aromatic N) is 6. The SMILES string of the molecule is O=C1CC[C@H](N2Cc3cc(Cn4ncc5c(-c6ncc(C(F)(F)F)cc6Cl)cc(N6CC(F)C6)nc54)ccc3C2=O)C(=O)N1. The molecule has 10 nitrogen and oxygen atoms in total. The van der Waals surface area contributed by atoms with Gasteiger partial charge in [-0.25, -0.2) is 14.1 Å². The number of halogens is 5. The molecule has 2 saturated heterocycles. The summed E-state index contributed by atoms with van der Waals surface area (Å²) in [5.41, 5.74) is 1.87. The molecule has 0 aliphatic carbocycles.